The van der Waals surface area contributed by atoms with Gasteiger partial charge in [0.25, 0.3) is 0 Å². The molecule has 1 aromatic rings. The zero-order valence-electron chi connectivity index (χ0n) is 5.73. The van der Waals surface area contributed by atoms with Gasteiger partial charge in [-0.15, -0.1) is 6.58 Å². The predicted octanol–water partition coefficient (Wildman–Crippen LogP) is 1.10. The zero-order valence-corrected chi connectivity index (χ0v) is 7.36. The Balaban J connectivity index is 3.01. The molecule has 0 aliphatic carbocycles. The first kappa shape index (κ1) is 8.42. The van der Waals surface area contributed by atoms with E-state index in [1.54, 1.807) is 0 Å². The van der Waals surface area contributed by atoms with Gasteiger partial charge in [-0.2, -0.15) is 4.37 Å². The largest absolute Gasteiger partial charge is 0.222 e. The molecule has 0 aromatic carbocycles. The number of hydrogen-bond donors (Lipinski definition) is 0. The molecule has 0 unspecified atom stereocenters. The van der Waals surface area contributed by atoms with Gasteiger partial charge >= 0.3 is 0 Å². The fourth-order valence-corrected chi connectivity index (χ4v) is 2.48. The molecule has 0 fully saturated rings. The minimum Gasteiger partial charge on any atom is -0.222 e. The van der Waals surface area contributed by atoms with Gasteiger partial charge in [0.1, 0.15) is 4.21 Å². The SMILES string of the molecule is C=CCS(=O)(=O)c1ccns1. The van der Waals surface area contributed by atoms with Gasteiger partial charge in [-0.1, -0.05) is 6.08 Å². The molecule has 1 heterocycles. The normalized spacial score (nSPS) is 11.3. The fraction of sp³-hybridized carbons (Fsp3) is 0.167. The van der Waals surface area contributed by atoms with Crippen LogP contribution in [0.2, 0.25) is 0 Å². The Kier molecular flexibility index (Phi) is 2.41. The minimum absolute atomic E-state index is 0.0187. The van der Waals surface area contributed by atoms with Crippen LogP contribution in [0.4, 0.5) is 0 Å². The molecule has 60 valence electrons. The van der Waals surface area contributed by atoms with Crippen molar-refractivity contribution in [3.8, 4) is 0 Å². The van der Waals surface area contributed by atoms with Crippen molar-refractivity contribution in [2.45, 2.75) is 4.21 Å². The van der Waals surface area contributed by atoms with Gasteiger partial charge in [-0.25, -0.2) is 8.42 Å². The summed E-state index contributed by atoms with van der Waals surface area (Å²) in [5.74, 6) is -0.0187. The van der Waals surface area contributed by atoms with Crippen LogP contribution in [0.1, 0.15) is 0 Å². The summed E-state index contributed by atoms with van der Waals surface area (Å²) >= 11 is 0.984. The van der Waals surface area contributed by atoms with Crippen LogP contribution in [0.3, 0.4) is 0 Å². The van der Waals surface area contributed by atoms with Crippen LogP contribution < -0.4 is 0 Å². The Morgan fingerprint density at radius 3 is 2.91 bits per heavy atom. The smallest absolute Gasteiger partial charge is 0.192 e. The Morgan fingerprint density at radius 2 is 2.45 bits per heavy atom. The molecule has 0 bridgehead atoms. The van der Waals surface area contributed by atoms with E-state index < -0.39 is 9.84 Å². The maximum Gasteiger partial charge on any atom is 0.192 e. The van der Waals surface area contributed by atoms with Crippen molar-refractivity contribution in [2.75, 3.05) is 5.75 Å². The van der Waals surface area contributed by atoms with Crippen molar-refractivity contribution in [3.63, 3.8) is 0 Å². The summed E-state index contributed by atoms with van der Waals surface area (Å²) in [6.45, 7) is 3.36. The summed E-state index contributed by atoms with van der Waals surface area (Å²) in [7, 11) is -3.13. The molecule has 0 atom stereocenters. The number of sulfone groups is 1. The summed E-state index contributed by atoms with van der Waals surface area (Å²) in [6, 6.07) is 1.49. The van der Waals surface area contributed by atoms with Crippen LogP contribution in [-0.4, -0.2) is 18.5 Å². The van der Waals surface area contributed by atoms with E-state index in [0.717, 1.165) is 11.5 Å². The van der Waals surface area contributed by atoms with E-state index in [-0.39, 0.29) is 5.75 Å². The Morgan fingerprint density at radius 1 is 1.73 bits per heavy atom. The van der Waals surface area contributed by atoms with Crippen molar-refractivity contribution >= 4 is 21.4 Å². The third kappa shape index (κ3) is 1.87. The molecule has 11 heavy (non-hydrogen) atoms. The van der Waals surface area contributed by atoms with E-state index in [1.807, 2.05) is 0 Å². The third-order valence-corrected chi connectivity index (χ3v) is 4.01. The molecule has 1 rings (SSSR count). The molecule has 0 saturated heterocycles. The lowest BCUT2D eigenvalue weighted by Gasteiger charge is -1.92. The summed E-state index contributed by atoms with van der Waals surface area (Å²) in [4.78, 5) is 0. The van der Waals surface area contributed by atoms with Gasteiger partial charge in [0.15, 0.2) is 9.84 Å². The molecule has 0 saturated carbocycles. The van der Waals surface area contributed by atoms with Gasteiger partial charge in [0.2, 0.25) is 0 Å². The maximum atomic E-state index is 11.2. The number of aromatic nitrogens is 1. The standard InChI is InChI=1S/C6H7NO2S2/c1-2-5-11(8,9)6-3-4-7-10-6/h2-4H,1,5H2. The Labute approximate surface area is 69.5 Å². The number of nitrogens with zero attached hydrogens (tertiary/aromatic N) is 1. The van der Waals surface area contributed by atoms with Gasteiger partial charge in [0.05, 0.1) is 5.75 Å². The third-order valence-electron chi connectivity index (χ3n) is 1.06. The van der Waals surface area contributed by atoms with Gasteiger partial charge in [-0.3, -0.25) is 0 Å². The molecule has 0 N–H and O–H groups in total. The van der Waals surface area contributed by atoms with Gasteiger partial charge < -0.3 is 0 Å². The first-order valence-corrected chi connectivity index (χ1v) is 5.34. The molecular formula is C6H7NO2S2. The lowest BCUT2D eigenvalue weighted by Crippen LogP contribution is -2.01. The average molecular weight is 189 g/mol. The average Bonchev–Trinajstić information content (AvgIpc) is 2.37. The highest BCUT2D eigenvalue weighted by Crippen LogP contribution is 2.14. The summed E-state index contributed by atoms with van der Waals surface area (Å²) < 4.78 is 26.4. The lowest BCUT2D eigenvalue weighted by molar-refractivity contribution is 0.601. The summed E-state index contributed by atoms with van der Waals surface area (Å²) in [5.41, 5.74) is 0. The summed E-state index contributed by atoms with van der Waals surface area (Å²) in [5, 5.41) is 0. The topological polar surface area (TPSA) is 47.0 Å². The first-order chi connectivity index (χ1) is 5.17. The molecule has 3 nitrogen and oxygen atoms in total. The van der Waals surface area contributed by atoms with Crippen molar-refractivity contribution < 1.29 is 8.42 Å². The highest BCUT2D eigenvalue weighted by atomic mass is 32.2. The van der Waals surface area contributed by atoms with Crippen LogP contribution >= 0.6 is 11.5 Å². The maximum absolute atomic E-state index is 11.2. The van der Waals surface area contributed by atoms with Gasteiger partial charge in [0, 0.05) is 6.20 Å². The van der Waals surface area contributed by atoms with E-state index in [0.29, 0.717) is 4.21 Å². The van der Waals surface area contributed by atoms with E-state index in [9.17, 15) is 8.42 Å². The van der Waals surface area contributed by atoms with Crippen molar-refractivity contribution in [1.82, 2.24) is 4.37 Å². The minimum atomic E-state index is -3.13. The van der Waals surface area contributed by atoms with Crippen LogP contribution in [0.5, 0.6) is 0 Å². The second-order valence-electron chi connectivity index (χ2n) is 1.90. The Bertz CT molecular complexity index is 325. The van der Waals surface area contributed by atoms with Crippen molar-refractivity contribution in [3.05, 3.63) is 24.9 Å². The summed E-state index contributed by atoms with van der Waals surface area (Å²) in [6.07, 6.45) is 2.84. The second-order valence-corrected chi connectivity index (χ2v) is 5.00. The van der Waals surface area contributed by atoms with E-state index in [2.05, 4.69) is 11.0 Å². The highest BCUT2D eigenvalue weighted by molar-refractivity contribution is 7.93. The predicted molar refractivity (Wildman–Crippen MR) is 44.4 cm³/mol. The van der Waals surface area contributed by atoms with Crippen LogP contribution in [0.25, 0.3) is 0 Å². The van der Waals surface area contributed by atoms with Crippen molar-refractivity contribution in [2.24, 2.45) is 0 Å². The van der Waals surface area contributed by atoms with Crippen LogP contribution in [0.15, 0.2) is 29.1 Å². The molecule has 0 radical (unpaired) electrons. The first-order valence-electron chi connectivity index (χ1n) is 2.91. The monoisotopic (exact) mass is 189 g/mol. The van der Waals surface area contributed by atoms with E-state index in [1.165, 1.54) is 18.3 Å². The van der Waals surface area contributed by atoms with Crippen LogP contribution in [-0.2, 0) is 9.84 Å². The number of rotatable bonds is 3. The Hall–Kier alpha value is -0.680. The van der Waals surface area contributed by atoms with Crippen molar-refractivity contribution in [1.29, 1.82) is 0 Å². The molecule has 0 amide bonds. The molecule has 0 aliphatic heterocycles. The van der Waals surface area contributed by atoms with E-state index >= 15 is 0 Å². The highest BCUT2D eigenvalue weighted by Gasteiger charge is 2.13. The van der Waals surface area contributed by atoms with E-state index in [4.69, 9.17) is 0 Å². The molecule has 1 aromatic heterocycles. The lowest BCUT2D eigenvalue weighted by atomic mass is 10.8. The second kappa shape index (κ2) is 3.15. The molecule has 5 heteroatoms. The molecular weight excluding hydrogens is 182 g/mol. The molecule has 0 spiro atoms. The van der Waals surface area contributed by atoms with Gasteiger partial charge in [-0.05, 0) is 17.6 Å². The molecule has 0 aliphatic rings. The fourth-order valence-electron chi connectivity index (χ4n) is 0.602. The number of hydrogen-bond acceptors (Lipinski definition) is 4. The zero-order chi connectivity index (χ0) is 8.32. The van der Waals surface area contributed by atoms with Crippen LogP contribution in [0, 0.1) is 0 Å². The quantitative estimate of drug-likeness (QED) is 0.669.